The van der Waals surface area contributed by atoms with E-state index in [0.29, 0.717) is 67.9 Å². The van der Waals surface area contributed by atoms with Crippen LogP contribution in [0.4, 0.5) is 10.5 Å². The number of aliphatic imine (C=N–C) groups is 1. The van der Waals surface area contributed by atoms with Gasteiger partial charge in [0.1, 0.15) is 12.4 Å². The van der Waals surface area contributed by atoms with Crippen LogP contribution in [0.2, 0.25) is 0 Å². The number of aromatic nitrogens is 3. The summed E-state index contributed by atoms with van der Waals surface area (Å²) in [7, 11) is 1.61. The molecule has 3 aromatic rings. The predicted octanol–water partition coefficient (Wildman–Crippen LogP) is 3.16. The maximum absolute atomic E-state index is 13.2. The van der Waals surface area contributed by atoms with E-state index in [4.69, 9.17) is 19.5 Å². The monoisotopic (exact) mass is 608 g/mol. The molecular weight excluding hydrogens is 572 g/mol. The molecule has 0 aliphatic carbocycles. The molecule has 2 aliphatic heterocycles. The van der Waals surface area contributed by atoms with Crippen molar-refractivity contribution in [3.8, 4) is 17.1 Å². The molecule has 228 valence electrons. The SMILES string of the molecule is CCNC(=O)NC1(C2CNCCC2(C)C(=O)O)N=CC=CN1c1cc(-c2cc(OCCOC)nc(C)n2)c2scnc2c1. The number of ether oxygens (including phenoxy) is 2. The lowest BCUT2D eigenvalue weighted by atomic mass is 9.68. The summed E-state index contributed by atoms with van der Waals surface area (Å²) in [5.41, 5.74) is 3.35. The maximum atomic E-state index is 13.2. The number of piperidine rings is 1. The molecule has 5 rings (SSSR count). The van der Waals surface area contributed by atoms with Gasteiger partial charge in [0.05, 0.1) is 39.4 Å². The molecule has 0 spiro atoms. The summed E-state index contributed by atoms with van der Waals surface area (Å²) in [5.74, 6) is -2.14. The Kier molecular flexibility index (Phi) is 8.89. The molecular formula is C29H36N8O5S. The van der Waals surface area contributed by atoms with Crippen molar-refractivity contribution in [2.75, 3.05) is 44.9 Å². The maximum Gasteiger partial charge on any atom is 0.318 e. The second-order valence-corrected chi connectivity index (χ2v) is 11.5. The number of rotatable bonds is 10. The van der Waals surface area contributed by atoms with Gasteiger partial charge in [0.25, 0.3) is 0 Å². The van der Waals surface area contributed by atoms with Gasteiger partial charge in [0, 0.05) is 49.9 Å². The lowest BCUT2D eigenvalue weighted by molar-refractivity contribution is -0.155. The van der Waals surface area contributed by atoms with Crippen LogP contribution in [0.3, 0.4) is 0 Å². The van der Waals surface area contributed by atoms with Crippen molar-refractivity contribution in [2.45, 2.75) is 33.0 Å². The smallest absolute Gasteiger partial charge is 0.318 e. The fourth-order valence-corrected chi connectivity index (χ4v) is 6.45. The number of nitrogens with zero attached hydrogens (tertiary/aromatic N) is 5. The number of allylic oxidation sites excluding steroid dienone is 1. The van der Waals surface area contributed by atoms with Crippen molar-refractivity contribution in [2.24, 2.45) is 16.3 Å². The lowest BCUT2D eigenvalue weighted by Gasteiger charge is -2.52. The fourth-order valence-electron chi connectivity index (χ4n) is 5.65. The number of nitrogens with one attached hydrogen (secondary N) is 3. The highest BCUT2D eigenvalue weighted by Gasteiger charge is 2.57. The highest BCUT2D eigenvalue weighted by molar-refractivity contribution is 7.17. The van der Waals surface area contributed by atoms with E-state index >= 15 is 0 Å². The molecule has 13 nitrogen and oxygen atoms in total. The van der Waals surface area contributed by atoms with Crippen molar-refractivity contribution in [3.63, 3.8) is 0 Å². The number of aryl methyl sites for hydroxylation is 1. The van der Waals surface area contributed by atoms with Gasteiger partial charge in [-0.25, -0.2) is 19.8 Å². The van der Waals surface area contributed by atoms with Gasteiger partial charge in [-0.15, -0.1) is 11.3 Å². The number of carboxylic acid groups (broad SMARTS) is 1. The normalized spacial score (nSPS) is 23.3. The van der Waals surface area contributed by atoms with E-state index in [-0.39, 0.29) is 0 Å². The summed E-state index contributed by atoms with van der Waals surface area (Å²) >= 11 is 1.48. The summed E-state index contributed by atoms with van der Waals surface area (Å²) in [4.78, 5) is 46.4. The van der Waals surface area contributed by atoms with Gasteiger partial charge in [-0.05, 0) is 51.9 Å². The fraction of sp³-hybridized carbons (Fsp3) is 0.448. The van der Waals surface area contributed by atoms with Crippen LogP contribution in [-0.4, -0.2) is 84.0 Å². The third-order valence-corrected chi connectivity index (χ3v) is 8.71. The van der Waals surface area contributed by atoms with Crippen molar-refractivity contribution in [1.29, 1.82) is 0 Å². The van der Waals surface area contributed by atoms with Crippen molar-refractivity contribution in [1.82, 2.24) is 30.9 Å². The van der Waals surface area contributed by atoms with Gasteiger partial charge in [-0.2, -0.15) is 4.98 Å². The number of methoxy groups -OCH3 is 1. The minimum Gasteiger partial charge on any atom is -0.481 e. The van der Waals surface area contributed by atoms with Crippen molar-refractivity contribution >= 4 is 45.5 Å². The average molecular weight is 609 g/mol. The van der Waals surface area contributed by atoms with Crippen molar-refractivity contribution < 1.29 is 24.2 Å². The van der Waals surface area contributed by atoms with Gasteiger partial charge < -0.3 is 30.1 Å². The zero-order chi connectivity index (χ0) is 30.6. The first kappa shape index (κ1) is 30.3. The standard InChI is InChI=1S/C29H36N8O5S/c1-5-31-27(40)36-29(23-16-30-9-7-28(23,3)26(38)39)33-8-6-10-37(29)19-13-20(25-22(14-19)32-17-43-25)21-15-24(35-18(2)34-21)42-12-11-41-4/h6,8,10,13-15,17,23,30H,5,7,9,11-12,16H2,1-4H3,(H,38,39)(H2,31,36,40). The zero-order valence-corrected chi connectivity index (χ0v) is 25.4. The molecule has 1 fully saturated rings. The summed E-state index contributed by atoms with van der Waals surface area (Å²) < 4.78 is 11.8. The van der Waals surface area contributed by atoms with Gasteiger partial charge in [-0.1, -0.05) is 0 Å². The quantitative estimate of drug-likeness (QED) is 0.252. The highest BCUT2D eigenvalue weighted by atomic mass is 32.1. The first-order valence-electron chi connectivity index (χ1n) is 14.1. The Labute approximate surface area is 253 Å². The number of carbonyl (C=O) groups is 2. The molecule has 4 N–H and O–H groups in total. The number of anilines is 1. The molecule has 3 atom stereocenters. The first-order valence-corrected chi connectivity index (χ1v) is 15.0. The lowest BCUT2D eigenvalue weighted by Crippen LogP contribution is -2.71. The topological polar surface area (TPSA) is 163 Å². The number of urea groups is 1. The van der Waals surface area contributed by atoms with Gasteiger partial charge >= 0.3 is 12.0 Å². The van der Waals surface area contributed by atoms with Crippen LogP contribution in [-0.2, 0) is 9.53 Å². The number of hydrogen-bond acceptors (Lipinski definition) is 11. The number of aliphatic carboxylic acids is 1. The molecule has 3 unspecified atom stereocenters. The summed E-state index contributed by atoms with van der Waals surface area (Å²) in [5, 5.41) is 19.6. The van der Waals surface area contributed by atoms with E-state index in [1.807, 2.05) is 24.0 Å². The van der Waals surface area contributed by atoms with E-state index in [0.717, 1.165) is 10.3 Å². The number of fused-ring (bicyclic) bond motifs is 1. The van der Waals surface area contributed by atoms with Crippen LogP contribution >= 0.6 is 11.3 Å². The van der Waals surface area contributed by atoms with E-state index in [9.17, 15) is 14.7 Å². The minimum absolute atomic E-state index is 0.315. The Morgan fingerprint density at radius 1 is 1.26 bits per heavy atom. The summed E-state index contributed by atoms with van der Waals surface area (Å²) in [6, 6.07) is 5.18. The number of hydrogen-bond donors (Lipinski definition) is 4. The third-order valence-electron chi connectivity index (χ3n) is 7.83. The van der Waals surface area contributed by atoms with E-state index in [1.54, 1.807) is 51.0 Å². The number of amides is 2. The van der Waals surface area contributed by atoms with Gasteiger partial charge in [0.2, 0.25) is 11.7 Å². The molecule has 0 radical (unpaired) electrons. The molecule has 1 saturated heterocycles. The van der Waals surface area contributed by atoms with E-state index < -0.39 is 29.1 Å². The number of thiazole rings is 1. The van der Waals surface area contributed by atoms with Crippen LogP contribution in [0.25, 0.3) is 21.5 Å². The molecule has 4 heterocycles. The number of carbonyl (C=O) groups excluding carboxylic acids is 1. The Hall–Kier alpha value is -4.14. The molecule has 2 aliphatic rings. The van der Waals surface area contributed by atoms with E-state index in [2.05, 4.69) is 25.9 Å². The van der Waals surface area contributed by atoms with Gasteiger partial charge in [0.15, 0.2) is 0 Å². The van der Waals surface area contributed by atoms with Crippen LogP contribution < -0.4 is 25.6 Å². The summed E-state index contributed by atoms with van der Waals surface area (Å²) in [6.45, 7) is 7.33. The largest absolute Gasteiger partial charge is 0.481 e. The molecule has 2 amide bonds. The van der Waals surface area contributed by atoms with Crippen LogP contribution in [0.5, 0.6) is 5.88 Å². The van der Waals surface area contributed by atoms with Crippen LogP contribution in [0.15, 0.2) is 41.0 Å². The van der Waals surface area contributed by atoms with E-state index in [1.165, 1.54) is 11.3 Å². The average Bonchev–Trinajstić information content (AvgIpc) is 3.46. The Morgan fingerprint density at radius 3 is 2.86 bits per heavy atom. The highest BCUT2D eigenvalue weighted by Crippen LogP contribution is 2.46. The third kappa shape index (κ3) is 5.90. The number of benzene rings is 1. The number of carboxylic acids is 1. The molecule has 1 aromatic carbocycles. The minimum atomic E-state index is -1.48. The Bertz CT molecular complexity index is 1560. The second kappa shape index (κ2) is 12.6. The Morgan fingerprint density at radius 2 is 2.09 bits per heavy atom. The zero-order valence-electron chi connectivity index (χ0n) is 24.6. The van der Waals surface area contributed by atoms with Crippen molar-refractivity contribution in [3.05, 3.63) is 41.8 Å². The molecule has 43 heavy (non-hydrogen) atoms. The first-order chi connectivity index (χ1) is 20.7. The molecule has 14 heteroatoms. The summed E-state index contributed by atoms with van der Waals surface area (Å²) in [6.07, 6.45) is 5.52. The molecule has 2 aromatic heterocycles. The Balaban J connectivity index is 1.67. The van der Waals surface area contributed by atoms with Gasteiger partial charge in [-0.3, -0.25) is 10.1 Å². The van der Waals surface area contributed by atoms with Crippen LogP contribution in [0.1, 0.15) is 26.1 Å². The predicted molar refractivity (Wildman–Crippen MR) is 165 cm³/mol. The second-order valence-electron chi connectivity index (χ2n) is 10.6. The molecule has 0 bridgehead atoms. The van der Waals surface area contributed by atoms with Crippen LogP contribution in [0, 0.1) is 18.3 Å². The molecule has 0 saturated carbocycles.